The fourth-order valence-electron chi connectivity index (χ4n) is 3.66. The topological polar surface area (TPSA) is 78.3 Å². The van der Waals surface area contributed by atoms with Crippen molar-refractivity contribution in [3.63, 3.8) is 0 Å². The van der Waals surface area contributed by atoms with E-state index in [0.29, 0.717) is 36.1 Å². The molecule has 0 saturated heterocycles. The Hall–Kier alpha value is -3.87. The van der Waals surface area contributed by atoms with Crippen molar-refractivity contribution in [2.45, 2.75) is 33.4 Å². The average Bonchev–Trinajstić information content (AvgIpc) is 3.25. The summed E-state index contributed by atoms with van der Waals surface area (Å²) >= 11 is 0. The molecular weight excluding hydrogens is 428 g/mol. The second-order valence-corrected chi connectivity index (χ2v) is 8.74. The first-order chi connectivity index (χ1) is 16.4. The van der Waals surface area contributed by atoms with Crippen molar-refractivity contribution in [2.75, 3.05) is 13.7 Å². The number of rotatable bonds is 9. The molecule has 0 fully saturated rings. The highest BCUT2D eigenvalue weighted by molar-refractivity contribution is 5.94. The summed E-state index contributed by atoms with van der Waals surface area (Å²) in [6.07, 6.45) is 0. The van der Waals surface area contributed by atoms with Gasteiger partial charge in [0.15, 0.2) is 11.5 Å². The van der Waals surface area contributed by atoms with E-state index < -0.39 is 0 Å². The van der Waals surface area contributed by atoms with Gasteiger partial charge in [-0.15, -0.1) is 5.10 Å². The Morgan fingerprint density at radius 1 is 1.00 bits per heavy atom. The monoisotopic (exact) mass is 458 g/mol. The van der Waals surface area contributed by atoms with Gasteiger partial charge in [0.25, 0.3) is 5.91 Å². The zero-order valence-corrected chi connectivity index (χ0v) is 20.0. The molecule has 4 rings (SSSR count). The summed E-state index contributed by atoms with van der Waals surface area (Å²) in [5.41, 5.74) is 4.43. The van der Waals surface area contributed by atoms with Crippen molar-refractivity contribution >= 4 is 16.9 Å². The van der Waals surface area contributed by atoms with Gasteiger partial charge in [-0.2, -0.15) is 0 Å². The van der Waals surface area contributed by atoms with Gasteiger partial charge >= 0.3 is 0 Å². The van der Waals surface area contributed by atoms with E-state index in [9.17, 15) is 4.79 Å². The molecule has 3 aromatic carbocycles. The van der Waals surface area contributed by atoms with Crippen molar-refractivity contribution in [3.8, 4) is 11.5 Å². The van der Waals surface area contributed by atoms with Gasteiger partial charge in [-0.25, -0.2) is 4.68 Å². The number of nitrogens with one attached hydrogen (secondary N) is 1. The molecule has 1 atom stereocenters. The van der Waals surface area contributed by atoms with Gasteiger partial charge in [0.1, 0.15) is 5.52 Å². The number of hydrogen-bond acceptors (Lipinski definition) is 5. The molecule has 0 aliphatic rings. The Balaban J connectivity index is 1.40. The third kappa shape index (κ3) is 5.36. The predicted octanol–water partition coefficient (Wildman–Crippen LogP) is 5.01. The van der Waals surface area contributed by atoms with Crippen LogP contribution >= 0.6 is 0 Å². The molecule has 0 spiro atoms. The third-order valence-electron chi connectivity index (χ3n) is 5.58. The molecule has 0 aliphatic heterocycles. The third-order valence-corrected chi connectivity index (χ3v) is 5.58. The quantitative estimate of drug-likeness (QED) is 0.381. The highest BCUT2D eigenvalue weighted by Gasteiger charge is 2.15. The summed E-state index contributed by atoms with van der Waals surface area (Å²) in [5, 5.41) is 11.5. The van der Waals surface area contributed by atoms with Crippen molar-refractivity contribution < 1.29 is 14.3 Å². The van der Waals surface area contributed by atoms with E-state index in [0.717, 1.165) is 22.2 Å². The van der Waals surface area contributed by atoms with Crippen LogP contribution in [0.3, 0.4) is 0 Å². The molecular formula is C27H30N4O3. The standard InChI is InChI=1S/C27H30N4O3/c1-18(2)17-34-25-14-13-22(15-26(25)33-4)19(3)28-27(32)21-11-9-20(10-12-21)16-31-24-8-6-5-7-23(24)29-30-31/h5-15,18-19H,16-17H2,1-4H3,(H,28,32). The fourth-order valence-corrected chi connectivity index (χ4v) is 3.66. The van der Waals surface area contributed by atoms with Crippen LogP contribution in [0, 0.1) is 5.92 Å². The number of carbonyl (C=O) groups is 1. The van der Waals surface area contributed by atoms with Crippen LogP contribution in [-0.2, 0) is 6.54 Å². The van der Waals surface area contributed by atoms with Crippen molar-refractivity contribution in [3.05, 3.63) is 83.4 Å². The Kier molecular flexibility index (Phi) is 7.11. The number of carbonyl (C=O) groups excluding carboxylic acids is 1. The summed E-state index contributed by atoms with van der Waals surface area (Å²) in [6, 6.07) is 21.0. The van der Waals surface area contributed by atoms with Gasteiger partial charge in [0.05, 0.1) is 31.8 Å². The number of aromatic nitrogens is 3. The molecule has 7 nitrogen and oxygen atoms in total. The number of hydrogen-bond donors (Lipinski definition) is 1. The Bertz CT molecular complexity index is 1260. The van der Waals surface area contributed by atoms with Gasteiger partial charge < -0.3 is 14.8 Å². The maximum atomic E-state index is 12.8. The molecule has 1 amide bonds. The van der Waals surface area contributed by atoms with E-state index in [1.807, 2.05) is 78.3 Å². The lowest BCUT2D eigenvalue weighted by Crippen LogP contribution is -2.26. The van der Waals surface area contributed by atoms with Crippen LogP contribution in [0.25, 0.3) is 11.0 Å². The Labute approximate surface area is 199 Å². The summed E-state index contributed by atoms with van der Waals surface area (Å²) in [6.45, 7) is 7.35. The molecule has 1 unspecified atom stereocenters. The SMILES string of the molecule is COc1cc(C(C)NC(=O)c2ccc(Cn3nnc4ccccc43)cc2)ccc1OCC(C)C. The normalized spacial score (nSPS) is 12.0. The minimum Gasteiger partial charge on any atom is -0.493 e. The van der Waals surface area contributed by atoms with Crippen molar-refractivity contribution in [2.24, 2.45) is 5.92 Å². The van der Waals surface area contributed by atoms with E-state index >= 15 is 0 Å². The van der Waals surface area contributed by atoms with Gasteiger partial charge in [-0.05, 0) is 60.4 Å². The molecule has 0 saturated carbocycles. The molecule has 0 aliphatic carbocycles. The van der Waals surface area contributed by atoms with Crippen molar-refractivity contribution in [1.29, 1.82) is 0 Å². The molecule has 176 valence electrons. The van der Waals surface area contributed by atoms with Crippen LogP contribution in [-0.4, -0.2) is 34.6 Å². The lowest BCUT2D eigenvalue weighted by atomic mass is 10.1. The van der Waals surface area contributed by atoms with E-state index in [1.54, 1.807) is 7.11 Å². The Morgan fingerprint density at radius 3 is 2.50 bits per heavy atom. The number of benzene rings is 3. The zero-order chi connectivity index (χ0) is 24.1. The van der Waals surface area contributed by atoms with Gasteiger partial charge in [0, 0.05) is 5.56 Å². The number of amides is 1. The van der Waals surface area contributed by atoms with Gasteiger partial charge in [0.2, 0.25) is 0 Å². The predicted molar refractivity (Wildman–Crippen MR) is 132 cm³/mol. The minimum absolute atomic E-state index is 0.135. The summed E-state index contributed by atoms with van der Waals surface area (Å²) in [5.74, 6) is 1.65. The molecule has 1 N–H and O–H groups in total. The second kappa shape index (κ2) is 10.4. The average molecular weight is 459 g/mol. The van der Waals surface area contributed by atoms with E-state index in [4.69, 9.17) is 9.47 Å². The first-order valence-electron chi connectivity index (χ1n) is 11.4. The van der Waals surface area contributed by atoms with Gasteiger partial charge in [-0.1, -0.05) is 49.4 Å². The lowest BCUT2D eigenvalue weighted by molar-refractivity contribution is 0.0940. The number of para-hydroxylation sites is 1. The number of ether oxygens (including phenoxy) is 2. The fraction of sp³-hybridized carbons (Fsp3) is 0.296. The van der Waals surface area contributed by atoms with Crippen LogP contribution in [0.2, 0.25) is 0 Å². The maximum absolute atomic E-state index is 12.8. The van der Waals surface area contributed by atoms with E-state index in [2.05, 4.69) is 29.5 Å². The molecule has 34 heavy (non-hydrogen) atoms. The molecule has 1 heterocycles. The molecule has 4 aromatic rings. The summed E-state index contributed by atoms with van der Waals surface area (Å²) < 4.78 is 13.2. The Morgan fingerprint density at radius 2 is 1.76 bits per heavy atom. The molecule has 0 bridgehead atoms. The van der Waals surface area contributed by atoms with E-state index in [1.165, 1.54) is 0 Å². The van der Waals surface area contributed by atoms with Gasteiger partial charge in [-0.3, -0.25) is 4.79 Å². The second-order valence-electron chi connectivity index (χ2n) is 8.74. The van der Waals surface area contributed by atoms with Crippen LogP contribution < -0.4 is 14.8 Å². The largest absolute Gasteiger partial charge is 0.493 e. The van der Waals surface area contributed by atoms with Crippen LogP contribution in [0.1, 0.15) is 48.3 Å². The van der Waals surface area contributed by atoms with Crippen molar-refractivity contribution in [1.82, 2.24) is 20.3 Å². The minimum atomic E-state index is -0.193. The summed E-state index contributed by atoms with van der Waals surface area (Å²) in [4.78, 5) is 12.8. The van der Waals surface area contributed by atoms with Crippen LogP contribution in [0.15, 0.2) is 66.7 Å². The lowest BCUT2D eigenvalue weighted by Gasteiger charge is -2.18. The van der Waals surface area contributed by atoms with Crippen LogP contribution in [0.5, 0.6) is 11.5 Å². The van der Waals surface area contributed by atoms with E-state index in [-0.39, 0.29) is 11.9 Å². The first kappa shape index (κ1) is 23.3. The zero-order valence-electron chi connectivity index (χ0n) is 20.0. The number of methoxy groups -OCH3 is 1. The highest BCUT2D eigenvalue weighted by atomic mass is 16.5. The smallest absolute Gasteiger partial charge is 0.251 e. The molecule has 1 aromatic heterocycles. The maximum Gasteiger partial charge on any atom is 0.251 e. The number of nitrogens with zero attached hydrogens (tertiary/aromatic N) is 3. The summed E-state index contributed by atoms with van der Waals surface area (Å²) in [7, 11) is 1.62. The number of fused-ring (bicyclic) bond motifs is 1. The highest BCUT2D eigenvalue weighted by Crippen LogP contribution is 2.30. The first-order valence-corrected chi connectivity index (χ1v) is 11.4. The molecule has 0 radical (unpaired) electrons. The van der Waals surface area contributed by atoms with Crippen LogP contribution in [0.4, 0.5) is 0 Å². The molecule has 7 heteroatoms.